The topological polar surface area (TPSA) is 58.2 Å². The molecule has 0 saturated heterocycles. The van der Waals surface area contributed by atoms with E-state index in [-0.39, 0.29) is 23.0 Å². The molecule has 3 aromatic rings. The third-order valence-electron chi connectivity index (χ3n) is 6.32. The van der Waals surface area contributed by atoms with Gasteiger partial charge < -0.3 is 10.6 Å². The van der Waals surface area contributed by atoms with Gasteiger partial charge in [0.2, 0.25) is 0 Å². The molecule has 1 atom stereocenters. The van der Waals surface area contributed by atoms with Crippen molar-refractivity contribution < 1.29 is 9.59 Å². The number of nitrogens with one attached hydrogen (secondary N) is 2. The molecule has 0 amide bonds. The van der Waals surface area contributed by atoms with Gasteiger partial charge in [0.05, 0.1) is 17.4 Å². The van der Waals surface area contributed by atoms with Crippen molar-refractivity contribution in [3.8, 4) is 0 Å². The molecule has 33 heavy (non-hydrogen) atoms. The van der Waals surface area contributed by atoms with Crippen LogP contribution in [0.4, 0.5) is 11.4 Å². The van der Waals surface area contributed by atoms with Gasteiger partial charge in [-0.25, -0.2) is 0 Å². The van der Waals surface area contributed by atoms with Gasteiger partial charge >= 0.3 is 0 Å². The van der Waals surface area contributed by atoms with Crippen molar-refractivity contribution in [2.24, 2.45) is 5.41 Å². The zero-order chi connectivity index (χ0) is 23.2. The standard InChI is InChI=1S/C28H25BrN2O2/c1-28(2)15-23-25(24(32)16-28)26(17-8-11-20(29)12-9-17)31-21-13-10-19(14-22(21)30-23)27(33)18-6-4-3-5-7-18/h3-14,26,30-31H,15-16H2,1-2H3. The Kier molecular flexibility index (Phi) is 5.45. The van der Waals surface area contributed by atoms with E-state index in [0.29, 0.717) is 17.5 Å². The van der Waals surface area contributed by atoms with Gasteiger partial charge in [0.25, 0.3) is 0 Å². The van der Waals surface area contributed by atoms with E-state index >= 15 is 0 Å². The van der Waals surface area contributed by atoms with Crippen LogP contribution in [0, 0.1) is 5.41 Å². The molecule has 5 heteroatoms. The summed E-state index contributed by atoms with van der Waals surface area (Å²) in [4.78, 5) is 26.4. The summed E-state index contributed by atoms with van der Waals surface area (Å²) in [5, 5.41) is 7.13. The number of fused-ring (bicyclic) bond motifs is 1. The minimum atomic E-state index is -0.263. The number of rotatable bonds is 3. The summed E-state index contributed by atoms with van der Waals surface area (Å²) < 4.78 is 0.993. The fourth-order valence-electron chi connectivity index (χ4n) is 4.75. The first-order valence-electron chi connectivity index (χ1n) is 11.1. The lowest BCUT2D eigenvalue weighted by Gasteiger charge is -2.34. The number of ketones is 2. The van der Waals surface area contributed by atoms with Gasteiger partial charge in [-0.1, -0.05) is 72.2 Å². The maximum atomic E-state index is 13.4. The first kappa shape index (κ1) is 21.7. The van der Waals surface area contributed by atoms with Crippen LogP contribution in [0.2, 0.25) is 0 Å². The maximum Gasteiger partial charge on any atom is 0.193 e. The fraction of sp³-hybridized carbons (Fsp3) is 0.214. The summed E-state index contributed by atoms with van der Waals surface area (Å²) in [7, 11) is 0. The number of hydrogen-bond acceptors (Lipinski definition) is 4. The third kappa shape index (κ3) is 4.25. The second-order valence-electron chi connectivity index (χ2n) is 9.54. The van der Waals surface area contributed by atoms with E-state index in [4.69, 9.17) is 0 Å². The monoisotopic (exact) mass is 500 g/mol. The molecule has 2 aliphatic rings. The van der Waals surface area contributed by atoms with Crippen LogP contribution >= 0.6 is 15.9 Å². The van der Waals surface area contributed by atoms with Gasteiger partial charge in [-0.05, 0) is 47.7 Å². The largest absolute Gasteiger partial charge is 0.372 e. The van der Waals surface area contributed by atoms with E-state index in [9.17, 15) is 9.59 Å². The van der Waals surface area contributed by atoms with Crippen molar-refractivity contribution >= 4 is 38.9 Å². The van der Waals surface area contributed by atoms with Crippen LogP contribution in [0.5, 0.6) is 0 Å². The molecule has 1 unspecified atom stereocenters. The predicted octanol–water partition coefficient (Wildman–Crippen LogP) is 6.90. The summed E-state index contributed by atoms with van der Waals surface area (Å²) in [5.74, 6) is 0.130. The van der Waals surface area contributed by atoms with E-state index in [2.05, 4.69) is 40.4 Å². The smallest absolute Gasteiger partial charge is 0.193 e. The minimum Gasteiger partial charge on any atom is -0.372 e. The van der Waals surface area contributed by atoms with Gasteiger partial charge in [0.15, 0.2) is 11.6 Å². The molecule has 0 aromatic heterocycles. The quantitative estimate of drug-likeness (QED) is 0.384. The highest BCUT2D eigenvalue weighted by Crippen LogP contribution is 2.45. The zero-order valence-corrected chi connectivity index (χ0v) is 20.2. The molecule has 0 saturated carbocycles. The first-order valence-corrected chi connectivity index (χ1v) is 11.9. The summed E-state index contributed by atoms with van der Waals surface area (Å²) in [6.45, 7) is 4.25. The number of anilines is 2. The molecule has 4 nitrogen and oxygen atoms in total. The zero-order valence-electron chi connectivity index (χ0n) is 18.6. The Balaban J connectivity index is 1.60. The lowest BCUT2D eigenvalue weighted by Crippen LogP contribution is -2.31. The summed E-state index contributed by atoms with van der Waals surface area (Å²) in [5.41, 5.74) is 5.55. The predicted molar refractivity (Wildman–Crippen MR) is 135 cm³/mol. The van der Waals surface area contributed by atoms with Crippen molar-refractivity contribution in [3.63, 3.8) is 0 Å². The highest BCUT2D eigenvalue weighted by molar-refractivity contribution is 9.10. The van der Waals surface area contributed by atoms with Crippen LogP contribution in [0.1, 0.15) is 54.2 Å². The SMILES string of the molecule is CC1(C)CC(=O)C2=C(C1)Nc1cc(C(=O)c3ccccc3)ccc1NC2c1ccc(Br)cc1. The van der Waals surface area contributed by atoms with Gasteiger partial charge in [0, 0.05) is 33.3 Å². The second-order valence-corrected chi connectivity index (χ2v) is 10.5. The molecule has 0 fully saturated rings. The van der Waals surface area contributed by atoms with E-state index in [0.717, 1.165) is 39.1 Å². The molecule has 0 bridgehead atoms. The van der Waals surface area contributed by atoms with Crippen molar-refractivity contribution in [1.29, 1.82) is 0 Å². The van der Waals surface area contributed by atoms with Crippen LogP contribution < -0.4 is 10.6 Å². The Labute approximate surface area is 202 Å². The Morgan fingerprint density at radius 2 is 1.64 bits per heavy atom. The summed E-state index contributed by atoms with van der Waals surface area (Å²) in [6, 6.07) is 22.8. The van der Waals surface area contributed by atoms with Crippen LogP contribution in [0.3, 0.4) is 0 Å². The highest BCUT2D eigenvalue weighted by atomic mass is 79.9. The molecule has 1 aliphatic carbocycles. The van der Waals surface area contributed by atoms with Gasteiger partial charge in [-0.2, -0.15) is 0 Å². The van der Waals surface area contributed by atoms with Crippen LogP contribution in [0.15, 0.2) is 88.5 Å². The van der Waals surface area contributed by atoms with Crippen LogP contribution in [-0.4, -0.2) is 11.6 Å². The van der Waals surface area contributed by atoms with Crippen molar-refractivity contribution in [2.45, 2.75) is 32.7 Å². The van der Waals surface area contributed by atoms with E-state index in [1.54, 1.807) is 0 Å². The number of carbonyl (C=O) groups excluding carboxylic acids is 2. The number of benzene rings is 3. The molecule has 0 radical (unpaired) electrons. The number of Topliss-reactive ketones (excluding diaryl/α,β-unsaturated/α-hetero) is 1. The van der Waals surface area contributed by atoms with Gasteiger partial charge in [-0.3, -0.25) is 9.59 Å². The lowest BCUT2D eigenvalue weighted by molar-refractivity contribution is -0.118. The fourth-order valence-corrected chi connectivity index (χ4v) is 5.01. The molecule has 3 aromatic carbocycles. The van der Waals surface area contributed by atoms with Crippen molar-refractivity contribution in [3.05, 3.63) is 105 Å². The molecule has 1 aliphatic heterocycles. The van der Waals surface area contributed by atoms with E-state index in [1.807, 2.05) is 72.8 Å². The Morgan fingerprint density at radius 1 is 0.909 bits per heavy atom. The normalized spacial score (nSPS) is 19.0. The molecule has 5 rings (SSSR count). The minimum absolute atomic E-state index is 0.0249. The maximum absolute atomic E-state index is 13.4. The van der Waals surface area contributed by atoms with Gasteiger partial charge in [-0.15, -0.1) is 0 Å². The number of halogens is 1. The van der Waals surface area contributed by atoms with Crippen LogP contribution in [-0.2, 0) is 4.79 Å². The van der Waals surface area contributed by atoms with E-state index < -0.39 is 0 Å². The molecule has 2 N–H and O–H groups in total. The Bertz CT molecular complexity index is 1280. The average Bonchev–Trinajstić information content (AvgIpc) is 2.95. The summed E-state index contributed by atoms with van der Waals surface area (Å²) in [6.07, 6.45) is 1.27. The Hall–Kier alpha value is -3.18. The highest BCUT2D eigenvalue weighted by Gasteiger charge is 2.38. The molecule has 0 spiro atoms. The second kappa shape index (κ2) is 8.31. The molecular weight excluding hydrogens is 476 g/mol. The van der Waals surface area contributed by atoms with E-state index in [1.165, 1.54) is 0 Å². The third-order valence-corrected chi connectivity index (χ3v) is 6.84. The first-order chi connectivity index (χ1) is 15.8. The molecule has 166 valence electrons. The van der Waals surface area contributed by atoms with Crippen molar-refractivity contribution in [1.82, 2.24) is 0 Å². The number of hydrogen-bond donors (Lipinski definition) is 2. The number of allylic oxidation sites excluding steroid dienone is 1. The van der Waals surface area contributed by atoms with Crippen molar-refractivity contribution in [2.75, 3.05) is 10.6 Å². The summed E-state index contributed by atoms with van der Waals surface area (Å²) >= 11 is 3.50. The molecule has 1 heterocycles. The number of carbonyl (C=O) groups is 2. The average molecular weight is 501 g/mol. The lowest BCUT2D eigenvalue weighted by atomic mass is 9.73. The Morgan fingerprint density at radius 3 is 2.36 bits per heavy atom. The van der Waals surface area contributed by atoms with Crippen LogP contribution in [0.25, 0.3) is 0 Å². The molecular formula is C28H25BrN2O2. The van der Waals surface area contributed by atoms with Gasteiger partial charge in [0.1, 0.15) is 0 Å².